The van der Waals surface area contributed by atoms with Gasteiger partial charge >= 0.3 is 0 Å². The SMILES string of the molecule is CC(ONc1cc2occc2cn1)c1cccc(-c2cn[nH]c2)c1. The van der Waals surface area contributed by atoms with Crippen LogP contribution in [-0.2, 0) is 4.84 Å². The van der Waals surface area contributed by atoms with Crippen LogP contribution in [0.1, 0.15) is 18.6 Å². The van der Waals surface area contributed by atoms with Gasteiger partial charge in [-0.25, -0.2) is 10.5 Å². The molecule has 120 valence electrons. The molecule has 3 aromatic heterocycles. The predicted octanol–water partition coefficient (Wildman–Crippen LogP) is 4.32. The molecular weight excluding hydrogens is 304 g/mol. The molecule has 1 unspecified atom stereocenters. The molecule has 6 nitrogen and oxygen atoms in total. The van der Waals surface area contributed by atoms with E-state index in [1.165, 1.54) is 0 Å². The molecule has 4 aromatic rings. The second kappa shape index (κ2) is 6.17. The number of hydrogen-bond donors (Lipinski definition) is 2. The maximum Gasteiger partial charge on any atom is 0.153 e. The smallest absolute Gasteiger partial charge is 0.153 e. The van der Waals surface area contributed by atoms with E-state index in [2.05, 4.69) is 26.7 Å². The van der Waals surface area contributed by atoms with Crippen molar-refractivity contribution in [2.75, 3.05) is 5.48 Å². The van der Waals surface area contributed by atoms with Crippen LogP contribution in [0.5, 0.6) is 0 Å². The fraction of sp³-hybridized carbons (Fsp3) is 0.111. The van der Waals surface area contributed by atoms with E-state index < -0.39 is 0 Å². The second-order valence-electron chi connectivity index (χ2n) is 5.50. The van der Waals surface area contributed by atoms with E-state index in [1.807, 2.05) is 43.5 Å². The molecule has 2 N–H and O–H groups in total. The lowest BCUT2D eigenvalue weighted by atomic mass is 10.0. The van der Waals surface area contributed by atoms with Crippen molar-refractivity contribution in [3.8, 4) is 11.1 Å². The Morgan fingerprint density at radius 1 is 1.17 bits per heavy atom. The summed E-state index contributed by atoms with van der Waals surface area (Å²) in [6.07, 6.45) is 6.90. The van der Waals surface area contributed by atoms with E-state index in [0.717, 1.165) is 27.7 Å². The Labute approximate surface area is 138 Å². The molecule has 1 aromatic carbocycles. The molecule has 0 bridgehead atoms. The standard InChI is InChI=1S/C18H16N4O2/c1-12(13-3-2-4-14(7-13)16-10-20-21-11-16)24-22-18-8-17-15(9-19-18)5-6-23-17/h2-12H,1H3,(H,19,22)(H,20,21). The summed E-state index contributed by atoms with van der Waals surface area (Å²) < 4.78 is 5.36. The maximum atomic E-state index is 5.73. The Bertz CT molecular complexity index is 946. The van der Waals surface area contributed by atoms with Crippen LogP contribution in [0, 0.1) is 0 Å². The molecule has 0 aliphatic carbocycles. The maximum absolute atomic E-state index is 5.73. The molecule has 0 spiro atoms. The number of H-pyrrole nitrogens is 1. The summed E-state index contributed by atoms with van der Waals surface area (Å²) in [4.78, 5) is 10.0. The largest absolute Gasteiger partial charge is 0.464 e. The lowest BCUT2D eigenvalue weighted by Gasteiger charge is -2.14. The third kappa shape index (κ3) is 2.87. The molecule has 6 heteroatoms. The minimum Gasteiger partial charge on any atom is -0.464 e. The topological polar surface area (TPSA) is 76.0 Å². The van der Waals surface area contributed by atoms with Crippen molar-refractivity contribution >= 4 is 16.8 Å². The first-order chi connectivity index (χ1) is 11.8. The lowest BCUT2D eigenvalue weighted by molar-refractivity contribution is 0.115. The van der Waals surface area contributed by atoms with Gasteiger partial charge < -0.3 is 4.42 Å². The highest BCUT2D eigenvalue weighted by Crippen LogP contribution is 2.25. The van der Waals surface area contributed by atoms with Crippen molar-refractivity contribution in [2.24, 2.45) is 0 Å². The van der Waals surface area contributed by atoms with Crippen molar-refractivity contribution in [3.05, 3.63) is 66.8 Å². The Morgan fingerprint density at radius 2 is 2.12 bits per heavy atom. The van der Waals surface area contributed by atoms with E-state index in [4.69, 9.17) is 9.25 Å². The Balaban J connectivity index is 1.47. The van der Waals surface area contributed by atoms with Crippen LogP contribution >= 0.6 is 0 Å². The zero-order valence-corrected chi connectivity index (χ0v) is 13.1. The zero-order valence-electron chi connectivity index (χ0n) is 13.1. The number of rotatable bonds is 5. The Morgan fingerprint density at radius 3 is 3.00 bits per heavy atom. The van der Waals surface area contributed by atoms with Gasteiger partial charge in [0.25, 0.3) is 0 Å². The van der Waals surface area contributed by atoms with Gasteiger partial charge in [0.15, 0.2) is 5.82 Å². The number of nitrogens with one attached hydrogen (secondary N) is 2. The van der Waals surface area contributed by atoms with E-state index >= 15 is 0 Å². The number of pyridine rings is 1. The number of anilines is 1. The van der Waals surface area contributed by atoms with Gasteiger partial charge in [0.2, 0.25) is 0 Å². The summed E-state index contributed by atoms with van der Waals surface area (Å²) in [6, 6.07) is 11.8. The molecular formula is C18H16N4O2. The number of nitrogens with zero attached hydrogens (tertiary/aromatic N) is 2. The lowest BCUT2D eigenvalue weighted by Crippen LogP contribution is -2.07. The summed E-state index contributed by atoms with van der Waals surface area (Å²) in [5, 5.41) is 7.77. The van der Waals surface area contributed by atoms with Gasteiger partial charge in [-0.3, -0.25) is 9.94 Å². The van der Waals surface area contributed by atoms with Crippen molar-refractivity contribution in [3.63, 3.8) is 0 Å². The van der Waals surface area contributed by atoms with Gasteiger partial charge in [-0.2, -0.15) is 5.10 Å². The van der Waals surface area contributed by atoms with Crippen molar-refractivity contribution in [2.45, 2.75) is 13.0 Å². The summed E-state index contributed by atoms with van der Waals surface area (Å²) in [5.74, 6) is 0.607. The van der Waals surface area contributed by atoms with Crippen LogP contribution in [0.25, 0.3) is 22.1 Å². The minimum absolute atomic E-state index is 0.147. The second-order valence-corrected chi connectivity index (χ2v) is 5.50. The van der Waals surface area contributed by atoms with Crippen LogP contribution < -0.4 is 5.48 Å². The number of aromatic nitrogens is 3. The molecule has 0 aliphatic rings. The first-order valence-electron chi connectivity index (χ1n) is 7.63. The highest BCUT2D eigenvalue weighted by atomic mass is 16.7. The zero-order chi connectivity index (χ0) is 16.4. The van der Waals surface area contributed by atoms with E-state index in [-0.39, 0.29) is 6.10 Å². The third-order valence-corrected chi connectivity index (χ3v) is 3.87. The monoisotopic (exact) mass is 320 g/mol. The molecule has 0 amide bonds. The fourth-order valence-electron chi connectivity index (χ4n) is 2.51. The number of fused-ring (bicyclic) bond motifs is 1. The van der Waals surface area contributed by atoms with E-state index in [1.54, 1.807) is 18.7 Å². The number of furan rings is 1. The fourth-order valence-corrected chi connectivity index (χ4v) is 2.51. The normalized spacial score (nSPS) is 12.4. The first-order valence-corrected chi connectivity index (χ1v) is 7.63. The molecule has 3 heterocycles. The van der Waals surface area contributed by atoms with Crippen molar-refractivity contribution in [1.29, 1.82) is 0 Å². The van der Waals surface area contributed by atoms with Gasteiger partial charge in [-0.05, 0) is 30.2 Å². The molecule has 1 atom stereocenters. The summed E-state index contributed by atoms with van der Waals surface area (Å²) in [7, 11) is 0. The van der Waals surface area contributed by atoms with Crippen LogP contribution in [0.4, 0.5) is 5.82 Å². The molecule has 24 heavy (non-hydrogen) atoms. The highest BCUT2D eigenvalue weighted by Gasteiger charge is 2.09. The molecule has 0 radical (unpaired) electrons. The summed E-state index contributed by atoms with van der Waals surface area (Å²) in [6.45, 7) is 1.98. The molecule has 4 rings (SSSR count). The van der Waals surface area contributed by atoms with Crippen LogP contribution in [-0.4, -0.2) is 15.2 Å². The number of benzene rings is 1. The van der Waals surface area contributed by atoms with Crippen LogP contribution in [0.2, 0.25) is 0 Å². The van der Waals surface area contributed by atoms with Crippen LogP contribution in [0.3, 0.4) is 0 Å². The molecule has 0 saturated carbocycles. The van der Waals surface area contributed by atoms with Gasteiger partial charge in [-0.1, -0.05) is 18.2 Å². The quantitative estimate of drug-likeness (QED) is 0.535. The third-order valence-electron chi connectivity index (χ3n) is 3.87. The van der Waals surface area contributed by atoms with E-state index in [0.29, 0.717) is 5.82 Å². The van der Waals surface area contributed by atoms with Crippen molar-refractivity contribution < 1.29 is 9.25 Å². The predicted molar refractivity (Wildman–Crippen MR) is 91.2 cm³/mol. The van der Waals surface area contributed by atoms with Gasteiger partial charge in [0, 0.05) is 29.4 Å². The van der Waals surface area contributed by atoms with Crippen LogP contribution in [0.15, 0.2) is 65.7 Å². The summed E-state index contributed by atoms with van der Waals surface area (Å²) in [5.41, 5.74) is 6.85. The Hall–Kier alpha value is -3.12. The minimum atomic E-state index is -0.147. The number of hydrogen-bond acceptors (Lipinski definition) is 5. The number of aromatic amines is 1. The molecule has 0 aliphatic heterocycles. The summed E-state index contributed by atoms with van der Waals surface area (Å²) >= 11 is 0. The van der Waals surface area contributed by atoms with Gasteiger partial charge in [-0.15, -0.1) is 0 Å². The molecule has 0 saturated heterocycles. The Kier molecular flexibility index (Phi) is 3.72. The van der Waals surface area contributed by atoms with Crippen molar-refractivity contribution in [1.82, 2.24) is 15.2 Å². The average Bonchev–Trinajstić information content (AvgIpc) is 3.30. The van der Waals surface area contributed by atoms with Gasteiger partial charge in [0.1, 0.15) is 11.7 Å². The first kappa shape index (κ1) is 14.5. The van der Waals surface area contributed by atoms with E-state index in [9.17, 15) is 0 Å². The van der Waals surface area contributed by atoms with Gasteiger partial charge in [0.05, 0.1) is 12.5 Å². The molecule has 0 fully saturated rings. The average molecular weight is 320 g/mol. The highest BCUT2D eigenvalue weighted by molar-refractivity contribution is 5.78.